The Balaban J connectivity index is 0.00000612. The number of nitriles is 1. The third kappa shape index (κ3) is 8.39. The number of benzene rings is 2. The van der Waals surface area contributed by atoms with Gasteiger partial charge in [-0.25, -0.2) is 4.79 Å². The third-order valence-corrected chi connectivity index (χ3v) is 5.64. The Morgan fingerprint density at radius 2 is 1.77 bits per heavy atom. The second-order valence-corrected chi connectivity index (χ2v) is 7.96. The molecule has 0 aliphatic heterocycles. The van der Waals surface area contributed by atoms with E-state index in [0.29, 0.717) is 42.9 Å². The number of likely N-dealkylation sites (N-methyl/N-ethyl adjacent to an activating group) is 1. The average molecular weight is 525 g/mol. The van der Waals surface area contributed by atoms with Crippen molar-refractivity contribution in [1.29, 1.82) is 5.26 Å². The van der Waals surface area contributed by atoms with E-state index in [9.17, 15) is 14.9 Å². The van der Waals surface area contributed by atoms with Crippen LogP contribution in [0.2, 0.25) is 0 Å². The smallest absolute Gasteiger partial charge is 0.338 e. The van der Waals surface area contributed by atoms with E-state index in [1.165, 1.54) is 7.11 Å². The van der Waals surface area contributed by atoms with Gasteiger partial charge in [0, 0.05) is 29.1 Å². The molecular weight excluding hydrogens is 491 g/mol. The molecule has 2 aromatic rings. The summed E-state index contributed by atoms with van der Waals surface area (Å²) in [5.74, 6) is -0.398. The van der Waals surface area contributed by atoms with Crippen LogP contribution in [0.15, 0.2) is 42.5 Å². The maximum Gasteiger partial charge on any atom is 0.338 e. The molecule has 0 amide bonds. The summed E-state index contributed by atoms with van der Waals surface area (Å²) in [5.41, 5.74) is 0.807. The van der Waals surface area contributed by atoms with Crippen molar-refractivity contribution in [2.24, 2.45) is 0 Å². The number of hydrogen-bond donors (Lipinski definition) is 0. The summed E-state index contributed by atoms with van der Waals surface area (Å²) in [7, 11) is 3.53. The molecule has 0 saturated heterocycles. The van der Waals surface area contributed by atoms with Crippen molar-refractivity contribution in [3.8, 4) is 11.8 Å². The zero-order chi connectivity index (χ0) is 25.0. The van der Waals surface area contributed by atoms with E-state index in [2.05, 4.69) is 17.0 Å². The first-order valence-electron chi connectivity index (χ1n) is 11.5. The minimum atomic E-state index is -1.40. The Bertz CT molecular complexity index is 990. The predicted molar refractivity (Wildman–Crippen MR) is 129 cm³/mol. The molecule has 0 saturated carbocycles. The second kappa shape index (κ2) is 15.2. The quantitative estimate of drug-likeness (QED) is 0.290. The largest absolute Gasteiger partial charge is 0.523 e. The molecule has 0 fully saturated rings. The van der Waals surface area contributed by atoms with E-state index in [1.807, 2.05) is 19.2 Å². The first-order chi connectivity index (χ1) is 16.4. The van der Waals surface area contributed by atoms with Crippen LogP contribution in [-0.4, -0.2) is 57.3 Å². The SMILES string of the molecule is CCOC(=O)c1ccc(CCN(C)CCCC(C#N)(C(=O)OCC)c2cc[c-]c(OC)c2)cc1.[Co]. The number of carbonyl (C=O) groups is 2. The zero-order valence-corrected chi connectivity index (χ0v) is 21.8. The first-order valence-corrected chi connectivity index (χ1v) is 11.5. The van der Waals surface area contributed by atoms with E-state index in [1.54, 1.807) is 44.2 Å². The van der Waals surface area contributed by atoms with Gasteiger partial charge in [-0.2, -0.15) is 17.4 Å². The Hall–Kier alpha value is -2.86. The van der Waals surface area contributed by atoms with Crippen LogP contribution in [0.4, 0.5) is 0 Å². The number of esters is 2. The monoisotopic (exact) mass is 524 g/mol. The van der Waals surface area contributed by atoms with Gasteiger partial charge in [0.15, 0.2) is 5.41 Å². The van der Waals surface area contributed by atoms with Crippen molar-refractivity contribution >= 4 is 11.9 Å². The molecule has 1 atom stereocenters. The van der Waals surface area contributed by atoms with Crippen LogP contribution in [-0.2, 0) is 42.9 Å². The summed E-state index contributed by atoms with van der Waals surface area (Å²) >= 11 is 0. The van der Waals surface area contributed by atoms with Crippen molar-refractivity contribution in [1.82, 2.24) is 4.90 Å². The van der Waals surface area contributed by atoms with E-state index < -0.39 is 11.4 Å². The fourth-order valence-corrected chi connectivity index (χ4v) is 3.68. The van der Waals surface area contributed by atoms with Gasteiger partial charge in [0.05, 0.1) is 32.0 Å². The van der Waals surface area contributed by atoms with Gasteiger partial charge in [0.25, 0.3) is 0 Å². The van der Waals surface area contributed by atoms with Gasteiger partial charge in [0.2, 0.25) is 0 Å². The summed E-state index contributed by atoms with van der Waals surface area (Å²) in [6.45, 7) is 5.57. The minimum Gasteiger partial charge on any atom is -0.523 e. The molecule has 0 heterocycles. The van der Waals surface area contributed by atoms with Crippen LogP contribution in [0.25, 0.3) is 0 Å². The number of ether oxygens (including phenoxy) is 3. The summed E-state index contributed by atoms with van der Waals surface area (Å²) < 4.78 is 15.5. The number of rotatable bonds is 13. The van der Waals surface area contributed by atoms with Crippen molar-refractivity contribution in [3.05, 3.63) is 65.2 Å². The van der Waals surface area contributed by atoms with E-state index in [0.717, 1.165) is 18.5 Å². The molecule has 2 rings (SSSR count). The summed E-state index contributed by atoms with van der Waals surface area (Å²) in [4.78, 5) is 26.8. The van der Waals surface area contributed by atoms with Crippen LogP contribution in [0, 0.1) is 17.4 Å². The third-order valence-electron chi connectivity index (χ3n) is 5.64. The maximum atomic E-state index is 12.9. The first kappa shape index (κ1) is 30.2. The number of carbonyl (C=O) groups excluding carboxylic acids is 2. The average Bonchev–Trinajstić information content (AvgIpc) is 2.86. The fraction of sp³-hybridized carbons (Fsp3) is 0.444. The molecule has 0 spiro atoms. The summed E-state index contributed by atoms with van der Waals surface area (Å²) in [6.07, 6.45) is 1.77. The molecule has 0 bridgehead atoms. The van der Waals surface area contributed by atoms with Crippen LogP contribution < -0.4 is 4.74 Å². The Morgan fingerprint density at radius 1 is 1.09 bits per heavy atom. The minimum absolute atomic E-state index is 0. The van der Waals surface area contributed by atoms with Crippen molar-refractivity contribution < 1.29 is 40.6 Å². The van der Waals surface area contributed by atoms with E-state index >= 15 is 0 Å². The molecule has 2 aromatic carbocycles. The van der Waals surface area contributed by atoms with Gasteiger partial charge in [0.1, 0.15) is 0 Å². The van der Waals surface area contributed by atoms with Crippen LogP contribution in [0.3, 0.4) is 0 Å². The second-order valence-electron chi connectivity index (χ2n) is 7.96. The van der Waals surface area contributed by atoms with Gasteiger partial charge in [-0.1, -0.05) is 12.1 Å². The topological polar surface area (TPSA) is 88.9 Å². The van der Waals surface area contributed by atoms with Gasteiger partial charge < -0.3 is 19.1 Å². The maximum absolute atomic E-state index is 12.9. The molecule has 0 aliphatic rings. The normalized spacial score (nSPS) is 12.1. The summed E-state index contributed by atoms with van der Waals surface area (Å²) in [5, 5.41) is 10.1. The standard InChI is InChI=1S/C27H33N2O5.Co/c1-5-33-25(30)22-13-11-21(12-14-22)15-18-29(3)17-8-16-27(20-28,26(31)34-6-2)23-9-7-10-24(19-23)32-4;/h7,9,11-14,19H,5-6,8,15-18H2,1-4H3;/q-1;. The summed E-state index contributed by atoms with van der Waals surface area (Å²) in [6, 6.07) is 17.6. The number of methoxy groups -OCH3 is 1. The molecule has 7 nitrogen and oxygen atoms in total. The molecule has 191 valence electrons. The van der Waals surface area contributed by atoms with Crippen LogP contribution in [0.5, 0.6) is 5.75 Å². The molecule has 0 N–H and O–H groups in total. The van der Waals surface area contributed by atoms with Gasteiger partial charge in [-0.3, -0.25) is 4.79 Å². The van der Waals surface area contributed by atoms with E-state index in [-0.39, 0.29) is 29.4 Å². The van der Waals surface area contributed by atoms with Crippen LogP contribution in [0.1, 0.15) is 48.2 Å². The van der Waals surface area contributed by atoms with E-state index in [4.69, 9.17) is 14.2 Å². The molecule has 0 aromatic heterocycles. The fourth-order valence-electron chi connectivity index (χ4n) is 3.68. The van der Waals surface area contributed by atoms with Crippen LogP contribution >= 0.6 is 0 Å². The molecule has 1 unspecified atom stereocenters. The van der Waals surface area contributed by atoms with Gasteiger partial charge in [-0.05, 0) is 64.4 Å². The van der Waals surface area contributed by atoms with Gasteiger partial charge >= 0.3 is 11.9 Å². The van der Waals surface area contributed by atoms with Crippen molar-refractivity contribution in [2.45, 2.75) is 38.5 Å². The van der Waals surface area contributed by atoms with Crippen molar-refractivity contribution in [2.75, 3.05) is 40.5 Å². The zero-order valence-electron chi connectivity index (χ0n) is 20.8. The number of nitrogens with zero attached hydrogens (tertiary/aromatic N) is 2. The predicted octanol–water partition coefficient (Wildman–Crippen LogP) is 3.95. The Morgan fingerprint density at radius 3 is 2.37 bits per heavy atom. The van der Waals surface area contributed by atoms with Crippen molar-refractivity contribution in [3.63, 3.8) is 0 Å². The molecule has 8 heteroatoms. The molecule has 35 heavy (non-hydrogen) atoms. The molecule has 1 radical (unpaired) electrons. The molecular formula is C27H33CoN2O5-. The Labute approximate surface area is 218 Å². The molecule has 0 aliphatic carbocycles. The number of hydrogen-bond acceptors (Lipinski definition) is 7. The Kier molecular flexibility index (Phi) is 13.1. The van der Waals surface area contributed by atoms with Gasteiger partial charge in [-0.15, -0.1) is 17.7 Å².